The summed E-state index contributed by atoms with van der Waals surface area (Å²) in [5, 5.41) is 0. The molecule has 0 radical (unpaired) electrons. The minimum absolute atomic E-state index is 0.171. The third kappa shape index (κ3) is 3.46. The number of carbonyl (C=O) groups excluding carboxylic acids is 1. The second-order valence-corrected chi connectivity index (χ2v) is 5.65. The second kappa shape index (κ2) is 7.47. The van der Waals surface area contributed by atoms with Gasteiger partial charge in [-0.3, -0.25) is 0 Å². The van der Waals surface area contributed by atoms with Crippen molar-refractivity contribution in [3.63, 3.8) is 0 Å². The van der Waals surface area contributed by atoms with Crippen LogP contribution in [0.3, 0.4) is 0 Å². The Labute approximate surface area is 118 Å². The van der Waals surface area contributed by atoms with Crippen molar-refractivity contribution in [1.82, 2.24) is 0 Å². The number of benzene rings is 1. The lowest BCUT2D eigenvalue weighted by Crippen LogP contribution is -2.33. The van der Waals surface area contributed by atoms with Gasteiger partial charge in [0.25, 0.3) is 0 Å². The summed E-state index contributed by atoms with van der Waals surface area (Å²) < 4.78 is 0. The van der Waals surface area contributed by atoms with Crippen LogP contribution in [0.15, 0.2) is 30.3 Å². The Kier molecular flexibility index (Phi) is 6.27. The van der Waals surface area contributed by atoms with Crippen LogP contribution in [-0.2, 0) is 4.79 Å². The highest BCUT2D eigenvalue weighted by Gasteiger charge is 2.37. The van der Waals surface area contributed by atoms with Crippen LogP contribution in [0, 0.1) is 11.3 Å². The van der Waals surface area contributed by atoms with Gasteiger partial charge in [0.2, 0.25) is 0 Å². The summed E-state index contributed by atoms with van der Waals surface area (Å²) >= 11 is 0. The van der Waals surface area contributed by atoms with Gasteiger partial charge in [-0.15, -0.1) is 0 Å². The maximum absolute atomic E-state index is 11.7. The summed E-state index contributed by atoms with van der Waals surface area (Å²) in [5.74, 6) is 0.874. The first kappa shape index (κ1) is 15.9. The average molecular weight is 260 g/mol. The normalized spacial score (nSPS) is 14.9. The van der Waals surface area contributed by atoms with Gasteiger partial charge in [-0.05, 0) is 36.7 Å². The highest BCUT2D eigenvalue weighted by molar-refractivity contribution is 5.60. The third-order valence-electron chi connectivity index (χ3n) is 4.89. The van der Waals surface area contributed by atoms with E-state index in [-0.39, 0.29) is 5.41 Å². The van der Waals surface area contributed by atoms with Crippen LogP contribution in [0.2, 0.25) is 0 Å². The molecule has 19 heavy (non-hydrogen) atoms. The summed E-state index contributed by atoms with van der Waals surface area (Å²) in [6.07, 6.45) is 5.39. The zero-order valence-corrected chi connectivity index (χ0v) is 12.9. The van der Waals surface area contributed by atoms with Gasteiger partial charge < -0.3 is 4.79 Å². The highest BCUT2D eigenvalue weighted by Crippen LogP contribution is 2.43. The number of aldehydes is 1. The number of hydrogen-bond donors (Lipinski definition) is 0. The SMILES string of the molecule is CCCC(c1ccccc1)C(C)C(C=O)(CC)CC. The molecule has 0 fully saturated rings. The first-order valence-corrected chi connectivity index (χ1v) is 7.66. The van der Waals surface area contributed by atoms with Crippen LogP contribution < -0.4 is 0 Å². The first-order chi connectivity index (χ1) is 9.15. The van der Waals surface area contributed by atoms with E-state index in [0.717, 1.165) is 25.7 Å². The molecule has 106 valence electrons. The molecule has 0 aliphatic rings. The summed E-state index contributed by atoms with van der Waals surface area (Å²) in [6, 6.07) is 10.7. The fourth-order valence-corrected chi connectivity index (χ4v) is 3.29. The molecule has 2 atom stereocenters. The van der Waals surface area contributed by atoms with Crippen LogP contribution in [0.5, 0.6) is 0 Å². The molecule has 1 rings (SSSR count). The van der Waals surface area contributed by atoms with Gasteiger partial charge in [-0.25, -0.2) is 0 Å². The zero-order valence-electron chi connectivity index (χ0n) is 12.9. The maximum Gasteiger partial charge on any atom is 0.126 e. The van der Waals surface area contributed by atoms with Crippen molar-refractivity contribution in [1.29, 1.82) is 0 Å². The van der Waals surface area contributed by atoms with E-state index >= 15 is 0 Å². The van der Waals surface area contributed by atoms with E-state index in [2.05, 4.69) is 58.0 Å². The van der Waals surface area contributed by atoms with Gasteiger partial charge >= 0.3 is 0 Å². The molecule has 1 nitrogen and oxygen atoms in total. The number of carbonyl (C=O) groups is 1. The van der Waals surface area contributed by atoms with Crippen LogP contribution in [0.1, 0.15) is 64.9 Å². The van der Waals surface area contributed by atoms with Gasteiger partial charge in [0, 0.05) is 5.41 Å². The summed E-state index contributed by atoms with van der Waals surface area (Å²) in [6.45, 7) is 8.77. The zero-order chi connectivity index (χ0) is 14.3. The molecule has 2 unspecified atom stereocenters. The van der Waals surface area contributed by atoms with Crippen molar-refractivity contribution < 1.29 is 4.79 Å². The second-order valence-electron chi connectivity index (χ2n) is 5.65. The number of hydrogen-bond acceptors (Lipinski definition) is 1. The smallest absolute Gasteiger partial charge is 0.126 e. The van der Waals surface area contributed by atoms with Gasteiger partial charge in [0.1, 0.15) is 6.29 Å². The van der Waals surface area contributed by atoms with E-state index < -0.39 is 0 Å². The van der Waals surface area contributed by atoms with Crippen molar-refractivity contribution in [2.45, 2.75) is 59.3 Å². The Morgan fingerprint density at radius 3 is 2.11 bits per heavy atom. The lowest BCUT2D eigenvalue weighted by molar-refractivity contribution is -0.119. The fraction of sp³-hybridized carbons (Fsp3) is 0.611. The van der Waals surface area contributed by atoms with Crippen LogP contribution >= 0.6 is 0 Å². The minimum Gasteiger partial charge on any atom is -0.303 e. The van der Waals surface area contributed by atoms with E-state index in [1.807, 2.05) is 0 Å². The van der Waals surface area contributed by atoms with E-state index in [0.29, 0.717) is 11.8 Å². The standard InChI is InChI=1S/C18H28O/c1-5-11-17(16-12-9-8-10-13-16)15(4)18(6-2,7-3)14-19/h8-10,12-15,17H,5-7,11H2,1-4H3. The first-order valence-electron chi connectivity index (χ1n) is 7.66. The average Bonchev–Trinajstić information content (AvgIpc) is 2.48. The lowest BCUT2D eigenvalue weighted by Gasteiger charge is -2.38. The van der Waals surface area contributed by atoms with Crippen molar-refractivity contribution in [3.05, 3.63) is 35.9 Å². The van der Waals surface area contributed by atoms with Crippen molar-refractivity contribution in [2.75, 3.05) is 0 Å². The molecule has 1 heteroatoms. The maximum atomic E-state index is 11.7. The summed E-state index contributed by atoms with van der Waals surface area (Å²) in [5.41, 5.74) is 1.21. The Balaban J connectivity index is 3.08. The van der Waals surface area contributed by atoms with E-state index in [1.165, 1.54) is 11.8 Å². The Morgan fingerprint density at radius 1 is 1.11 bits per heavy atom. The van der Waals surface area contributed by atoms with E-state index in [4.69, 9.17) is 0 Å². The van der Waals surface area contributed by atoms with Crippen LogP contribution in [0.25, 0.3) is 0 Å². The van der Waals surface area contributed by atoms with Crippen LogP contribution in [0.4, 0.5) is 0 Å². The molecule has 0 aliphatic carbocycles. The lowest BCUT2D eigenvalue weighted by atomic mass is 9.65. The third-order valence-corrected chi connectivity index (χ3v) is 4.89. The molecule has 0 spiro atoms. The predicted molar refractivity (Wildman–Crippen MR) is 82.3 cm³/mol. The molecular formula is C18H28O. The van der Waals surface area contributed by atoms with Gasteiger partial charge in [-0.1, -0.05) is 64.4 Å². The molecule has 0 aliphatic heterocycles. The van der Waals surface area contributed by atoms with Gasteiger partial charge in [0.05, 0.1) is 0 Å². The molecule has 0 N–H and O–H groups in total. The molecule has 0 heterocycles. The van der Waals surface area contributed by atoms with Gasteiger partial charge in [0.15, 0.2) is 0 Å². The predicted octanol–water partition coefficient (Wildman–Crippen LogP) is 5.21. The molecule has 1 aromatic carbocycles. The summed E-state index contributed by atoms with van der Waals surface area (Å²) in [7, 11) is 0. The van der Waals surface area contributed by atoms with Crippen molar-refractivity contribution in [2.24, 2.45) is 11.3 Å². The summed E-state index contributed by atoms with van der Waals surface area (Å²) in [4.78, 5) is 11.7. The Hall–Kier alpha value is -1.11. The topological polar surface area (TPSA) is 17.1 Å². The monoisotopic (exact) mass is 260 g/mol. The van der Waals surface area contributed by atoms with E-state index in [9.17, 15) is 4.79 Å². The van der Waals surface area contributed by atoms with Gasteiger partial charge in [-0.2, -0.15) is 0 Å². The molecule has 0 saturated heterocycles. The largest absolute Gasteiger partial charge is 0.303 e. The van der Waals surface area contributed by atoms with Crippen LogP contribution in [-0.4, -0.2) is 6.29 Å². The minimum atomic E-state index is -0.171. The Morgan fingerprint density at radius 2 is 1.68 bits per heavy atom. The molecule has 0 aromatic heterocycles. The molecule has 1 aromatic rings. The highest BCUT2D eigenvalue weighted by atomic mass is 16.1. The fourth-order valence-electron chi connectivity index (χ4n) is 3.29. The van der Waals surface area contributed by atoms with E-state index in [1.54, 1.807) is 0 Å². The molecule has 0 amide bonds. The van der Waals surface area contributed by atoms with Crippen molar-refractivity contribution in [3.8, 4) is 0 Å². The van der Waals surface area contributed by atoms with Crippen molar-refractivity contribution >= 4 is 6.29 Å². The number of rotatable bonds is 8. The molecule has 0 saturated carbocycles. The Bertz CT molecular complexity index is 365. The quantitative estimate of drug-likeness (QED) is 0.586. The molecule has 0 bridgehead atoms. The molecular weight excluding hydrogens is 232 g/mol.